The molecule has 26 heavy (non-hydrogen) atoms. The van der Waals surface area contributed by atoms with Gasteiger partial charge in [-0.05, 0) is 44.2 Å². The van der Waals surface area contributed by atoms with Crippen molar-refractivity contribution in [3.05, 3.63) is 65.4 Å². The molecule has 0 bridgehead atoms. The first-order valence-electron chi connectivity index (χ1n) is 8.77. The van der Waals surface area contributed by atoms with Crippen LogP contribution in [0.15, 0.2) is 52.0 Å². The van der Waals surface area contributed by atoms with Gasteiger partial charge in [0.05, 0.1) is 0 Å². The zero-order valence-corrected chi connectivity index (χ0v) is 15.1. The SMILES string of the molecule is CCNC(=NCc1oc2ccc(F)cc2c1C)NCCc1ccccn1. The highest BCUT2D eigenvalue weighted by Crippen LogP contribution is 2.26. The third kappa shape index (κ3) is 4.39. The van der Waals surface area contributed by atoms with Gasteiger partial charge >= 0.3 is 0 Å². The van der Waals surface area contributed by atoms with Crippen LogP contribution < -0.4 is 10.6 Å². The van der Waals surface area contributed by atoms with Crippen molar-refractivity contribution in [3.63, 3.8) is 0 Å². The lowest BCUT2D eigenvalue weighted by Gasteiger charge is -2.10. The second kappa shape index (κ2) is 8.47. The summed E-state index contributed by atoms with van der Waals surface area (Å²) in [6, 6.07) is 10.4. The summed E-state index contributed by atoms with van der Waals surface area (Å²) >= 11 is 0. The first-order chi connectivity index (χ1) is 12.7. The average Bonchev–Trinajstić information content (AvgIpc) is 2.96. The summed E-state index contributed by atoms with van der Waals surface area (Å²) in [5, 5.41) is 7.31. The van der Waals surface area contributed by atoms with Crippen molar-refractivity contribution in [2.75, 3.05) is 13.1 Å². The van der Waals surface area contributed by atoms with Crippen LogP contribution in [-0.2, 0) is 13.0 Å². The number of fused-ring (bicyclic) bond motifs is 1. The number of aromatic nitrogens is 1. The lowest BCUT2D eigenvalue weighted by atomic mass is 10.1. The molecule has 0 unspecified atom stereocenters. The number of pyridine rings is 1. The summed E-state index contributed by atoms with van der Waals surface area (Å²) in [6.07, 6.45) is 2.61. The van der Waals surface area contributed by atoms with Crippen molar-refractivity contribution in [1.82, 2.24) is 15.6 Å². The molecule has 2 N–H and O–H groups in total. The quantitative estimate of drug-likeness (QED) is 0.525. The highest BCUT2D eigenvalue weighted by molar-refractivity contribution is 5.82. The van der Waals surface area contributed by atoms with E-state index in [1.54, 1.807) is 12.3 Å². The summed E-state index contributed by atoms with van der Waals surface area (Å²) in [4.78, 5) is 8.89. The first-order valence-corrected chi connectivity index (χ1v) is 8.77. The summed E-state index contributed by atoms with van der Waals surface area (Å²) in [5.74, 6) is 1.20. The molecule has 136 valence electrons. The van der Waals surface area contributed by atoms with E-state index < -0.39 is 0 Å². The van der Waals surface area contributed by atoms with Crippen LogP contribution in [-0.4, -0.2) is 24.0 Å². The maximum Gasteiger partial charge on any atom is 0.191 e. The molecule has 0 amide bonds. The predicted molar refractivity (Wildman–Crippen MR) is 102 cm³/mol. The van der Waals surface area contributed by atoms with Crippen LogP contribution in [0.25, 0.3) is 11.0 Å². The van der Waals surface area contributed by atoms with Crippen molar-refractivity contribution in [2.24, 2.45) is 4.99 Å². The minimum absolute atomic E-state index is 0.263. The van der Waals surface area contributed by atoms with E-state index in [1.807, 2.05) is 32.0 Å². The van der Waals surface area contributed by atoms with Crippen molar-refractivity contribution in [1.29, 1.82) is 0 Å². The standard InChI is InChI=1S/C20H23FN4O/c1-3-22-20(24-11-9-16-6-4-5-10-23-16)25-13-19-14(2)17-12-15(21)7-8-18(17)26-19/h4-8,10,12H,3,9,11,13H2,1-2H3,(H2,22,24,25). The van der Waals surface area contributed by atoms with Gasteiger partial charge in [0.1, 0.15) is 23.7 Å². The van der Waals surface area contributed by atoms with Crippen LogP contribution in [0.2, 0.25) is 0 Å². The number of nitrogens with one attached hydrogen (secondary N) is 2. The van der Waals surface area contributed by atoms with Gasteiger partial charge in [-0.1, -0.05) is 6.07 Å². The number of hydrogen-bond donors (Lipinski definition) is 2. The van der Waals surface area contributed by atoms with Gasteiger partial charge in [-0.2, -0.15) is 0 Å². The maximum atomic E-state index is 13.4. The van der Waals surface area contributed by atoms with Crippen molar-refractivity contribution >= 4 is 16.9 Å². The fraction of sp³-hybridized carbons (Fsp3) is 0.300. The Morgan fingerprint density at radius 2 is 2.12 bits per heavy atom. The topological polar surface area (TPSA) is 62.5 Å². The van der Waals surface area contributed by atoms with E-state index in [9.17, 15) is 4.39 Å². The summed E-state index contributed by atoms with van der Waals surface area (Å²) in [7, 11) is 0. The number of nitrogens with zero attached hydrogens (tertiary/aromatic N) is 2. The summed E-state index contributed by atoms with van der Waals surface area (Å²) in [5.41, 5.74) is 2.64. The third-order valence-corrected chi connectivity index (χ3v) is 4.12. The first kappa shape index (κ1) is 17.9. The Hall–Kier alpha value is -2.89. The number of benzene rings is 1. The number of furan rings is 1. The molecule has 3 rings (SSSR count). The van der Waals surface area contributed by atoms with Crippen LogP contribution in [0.5, 0.6) is 0 Å². The molecule has 2 aromatic heterocycles. The van der Waals surface area contributed by atoms with E-state index in [0.29, 0.717) is 12.1 Å². The van der Waals surface area contributed by atoms with Gasteiger partial charge in [0, 0.05) is 42.4 Å². The normalized spacial score (nSPS) is 11.7. The molecule has 0 atom stereocenters. The number of guanidine groups is 1. The molecule has 0 spiro atoms. The zero-order chi connectivity index (χ0) is 18.4. The Morgan fingerprint density at radius 1 is 1.23 bits per heavy atom. The van der Waals surface area contributed by atoms with Gasteiger partial charge in [0.15, 0.2) is 5.96 Å². The van der Waals surface area contributed by atoms with E-state index >= 15 is 0 Å². The molecule has 2 heterocycles. The molecule has 0 saturated carbocycles. The molecule has 1 aromatic carbocycles. The minimum atomic E-state index is -0.263. The van der Waals surface area contributed by atoms with Gasteiger partial charge in [0.2, 0.25) is 0 Å². The largest absolute Gasteiger partial charge is 0.459 e. The molecular formula is C20H23FN4O. The minimum Gasteiger partial charge on any atom is -0.459 e. The third-order valence-electron chi connectivity index (χ3n) is 4.12. The molecule has 0 radical (unpaired) electrons. The maximum absolute atomic E-state index is 13.4. The number of hydrogen-bond acceptors (Lipinski definition) is 3. The molecule has 0 fully saturated rings. The molecule has 0 saturated heterocycles. The van der Waals surface area contributed by atoms with Gasteiger partial charge in [-0.25, -0.2) is 9.38 Å². The smallest absolute Gasteiger partial charge is 0.191 e. The van der Waals surface area contributed by atoms with Gasteiger partial charge < -0.3 is 15.1 Å². The Balaban J connectivity index is 1.66. The molecule has 0 aliphatic rings. The molecule has 6 heteroatoms. The Morgan fingerprint density at radius 3 is 2.88 bits per heavy atom. The zero-order valence-electron chi connectivity index (χ0n) is 15.1. The summed E-state index contributed by atoms with van der Waals surface area (Å²) < 4.78 is 19.2. The Kier molecular flexibility index (Phi) is 5.84. The van der Waals surface area contributed by atoms with Crippen LogP contribution in [0.3, 0.4) is 0 Å². The Bertz CT molecular complexity index is 889. The number of aliphatic imine (C=N–C) groups is 1. The molecule has 0 aliphatic heterocycles. The van der Waals surface area contributed by atoms with Crippen LogP contribution in [0.1, 0.15) is 23.9 Å². The molecule has 5 nitrogen and oxygen atoms in total. The van der Waals surface area contributed by atoms with Crippen LogP contribution in [0, 0.1) is 12.7 Å². The van der Waals surface area contributed by atoms with Crippen molar-refractivity contribution < 1.29 is 8.81 Å². The van der Waals surface area contributed by atoms with Crippen molar-refractivity contribution in [3.8, 4) is 0 Å². The number of rotatable bonds is 6. The predicted octanol–water partition coefficient (Wildman–Crippen LogP) is 3.57. The highest BCUT2D eigenvalue weighted by atomic mass is 19.1. The van der Waals surface area contributed by atoms with Gasteiger partial charge in [-0.3, -0.25) is 4.98 Å². The average molecular weight is 354 g/mol. The summed E-state index contributed by atoms with van der Waals surface area (Å²) in [6.45, 7) is 5.83. The highest BCUT2D eigenvalue weighted by Gasteiger charge is 2.11. The fourth-order valence-electron chi connectivity index (χ4n) is 2.74. The van der Waals surface area contributed by atoms with Gasteiger partial charge in [0.25, 0.3) is 0 Å². The van der Waals surface area contributed by atoms with E-state index in [2.05, 4.69) is 20.6 Å². The van der Waals surface area contributed by atoms with Crippen molar-refractivity contribution in [2.45, 2.75) is 26.8 Å². The molecule has 0 aliphatic carbocycles. The number of halogens is 1. The van der Waals surface area contributed by atoms with E-state index in [0.717, 1.165) is 47.9 Å². The number of aryl methyl sites for hydroxylation is 1. The Labute approximate surface area is 152 Å². The fourth-order valence-corrected chi connectivity index (χ4v) is 2.74. The molecule has 3 aromatic rings. The van der Waals surface area contributed by atoms with Crippen LogP contribution >= 0.6 is 0 Å². The van der Waals surface area contributed by atoms with Crippen LogP contribution in [0.4, 0.5) is 4.39 Å². The monoisotopic (exact) mass is 354 g/mol. The van der Waals surface area contributed by atoms with Gasteiger partial charge in [-0.15, -0.1) is 0 Å². The lowest BCUT2D eigenvalue weighted by Crippen LogP contribution is -2.38. The second-order valence-electron chi connectivity index (χ2n) is 5.98. The van der Waals surface area contributed by atoms with E-state index in [-0.39, 0.29) is 5.82 Å². The molecular weight excluding hydrogens is 331 g/mol. The lowest BCUT2D eigenvalue weighted by molar-refractivity contribution is 0.547. The van der Waals surface area contributed by atoms with E-state index in [1.165, 1.54) is 12.1 Å². The second-order valence-corrected chi connectivity index (χ2v) is 5.98. The van der Waals surface area contributed by atoms with E-state index in [4.69, 9.17) is 4.42 Å².